The third-order valence-electron chi connectivity index (χ3n) is 2.46. The summed E-state index contributed by atoms with van der Waals surface area (Å²) in [5.41, 5.74) is 0.923. The lowest BCUT2D eigenvalue weighted by atomic mass is 10.4. The number of nitrogens with zero attached hydrogens (tertiary/aromatic N) is 3. The molecule has 0 radical (unpaired) electrons. The number of likely N-dealkylation sites (N-methyl/N-ethyl adjacent to an activating group) is 2. The van der Waals surface area contributed by atoms with Crippen molar-refractivity contribution in [2.75, 3.05) is 32.0 Å². The van der Waals surface area contributed by atoms with Crippen LogP contribution in [0.5, 0.6) is 0 Å². The predicted molar refractivity (Wildman–Crippen MR) is 76.0 cm³/mol. The molecule has 0 saturated carbocycles. The number of amides is 1. The van der Waals surface area contributed by atoms with Crippen LogP contribution in [0.2, 0.25) is 0 Å². The molecule has 1 amide bonds. The largest absolute Gasteiger partial charge is 0.370 e. The molecule has 2 N–H and O–H groups in total. The molecular weight excluding hydrogens is 242 g/mol. The van der Waals surface area contributed by atoms with Crippen LogP contribution in [0.3, 0.4) is 0 Å². The minimum absolute atomic E-state index is 0.0181. The lowest BCUT2D eigenvalue weighted by Gasteiger charge is -2.15. The molecule has 1 heterocycles. The number of carbonyl (C=O) groups is 1. The average Bonchev–Trinajstić information content (AvgIpc) is 2.28. The zero-order chi connectivity index (χ0) is 14.3. The molecule has 0 fully saturated rings. The number of aromatic nitrogens is 2. The second-order valence-electron chi connectivity index (χ2n) is 4.47. The Hall–Kier alpha value is -1.69. The molecule has 1 aromatic rings. The van der Waals surface area contributed by atoms with Gasteiger partial charge in [-0.05, 0) is 27.8 Å². The second kappa shape index (κ2) is 7.68. The number of aryl methyl sites for hydroxylation is 1. The van der Waals surface area contributed by atoms with E-state index in [9.17, 15) is 4.79 Å². The molecular formula is C13H23N5O. The molecule has 0 unspecified atom stereocenters. The monoisotopic (exact) mass is 265 g/mol. The summed E-state index contributed by atoms with van der Waals surface area (Å²) < 4.78 is 0. The Morgan fingerprint density at radius 3 is 2.68 bits per heavy atom. The second-order valence-corrected chi connectivity index (χ2v) is 4.47. The van der Waals surface area contributed by atoms with Crippen LogP contribution in [0.25, 0.3) is 0 Å². The molecule has 0 atom stereocenters. The summed E-state index contributed by atoms with van der Waals surface area (Å²) in [7, 11) is 1.88. The van der Waals surface area contributed by atoms with E-state index in [1.165, 1.54) is 0 Å². The molecule has 6 heteroatoms. The lowest BCUT2D eigenvalue weighted by Crippen LogP contribution is -2.35. The van der Waals surface area contributed by atoms with Crippen molar-refractivity contribution in [2.24, 2.45) is 0 Å². The first-order valence-corrected chi connectivity index (χ1v) is 6.58. The Kier molecular flexibility index (Phi) is 6.21. The quantitative estimate of drug-likeness (QED) is 0.762. The van der Waals surface area contributed by atoms with E-state index in [1.807, 2.05) is 38.8 Å². The van der Waals surface area contributed by atoms with Gasteiger partial charge in [-0.1, -0.05) is 0 Å². The standard InChI is InChI=1S/C13H23N5O/c1-5-14-11-7-10(3)16-12(17-11)8-18(4)9-13(19)15-6-2/h7H,5-6,8-9H2,1-4H3,(H,15,19)(H,14,16,17). The summed E-state index contributed by atoms with van der Waals surface area (Å²) in [5.74, 6) is 1.57. The summed E-state index contributed by atoms with van der Waals surface area (Å²) >= 11 is 0. The highest BCUT2D eigenvalue weighted by molar-refractivity contribution is 5.77. The highest BCUT2D eigenvalue weighted by Gasteiger charge is 2.09. The topological polar surface area (TPSA) is 70.2 Å². The van der Waals surface area contributed by atoms with Crippen molar-refractivity contribution in [2.45, 2.75) is 27.3 Å². The molecule has 0 aliphatic rings. The van der Waals surface area contributed by atoms with Gasteiger partial charge in [0.1, 0.15) is 11.6 Å². The van der Waals surface area contributed by atoms with Crippen molar-refractivity contribution in [1.29, 1.82) is 0 Å². The van der Waals surface area contributed by atoms with Crippen LogP contribution in [0.15, 0.2) is 6.07 Å². The van der Waals surface area contributed by atoms with Gasteiger partial charge in [0.15, 0.2) is 0 Å². The van der Waals surface area contributed by atoms with Gasteiger partial charge in [-0.25, -0.2) is 9.97 Å². The Morgan fingerprint density at radius 2 is 2.05 bits per heavy atom. The molecule has 0 bridgehead atoms. The molecule has 106 valence electrons. The van der Waals surface area contributed by atoms with Gasteiger partial charge in [-0.2, -0.15) is 0 Å². The van der Waals surface area contributed by atoms with Crippen LogP contribution in [0.1, 0.15) is 25.4 Å². The average molecular weight is 265 g/mol. The van der Waals surface area contributed by atoms with Crippen molar-refractivity contribution in [3.8, 4) is 0 Å². The van der Waals surface area contributed by atoms with Crippen LogP contribution in [-0.2, 0) is 11.3 Å². The molecule has 19 heavy (non-hydrogen) atoms. The maximum Gasteiger partial charge on any atom is 0.234 e. The van der Waals surface area contributed by atoms with Gasteiger partial charge in [0.25, 0.3) is 0 Å². The smallest absolute Gasteiger partial charge is 0.234 e. The van der Waals surface area contributed by atoms with Crippen molar-refractivity contribution in [3.63, 3.8) is 0 Å². The summed E-state index contributed by atoms with van der Waals surface area (Å²) in [6.45, 7) is 8.25. The maximum absolute atomic E-state index is 11.5. The van der Waals surface area contributed by atoms with Crippen LogP contribution in [-0.4, -0.2) is 47.5 Å². The fourth-order valence-electron chi connectivity index (χ4n) is 1.77. The molecule has 1 aromatic heterocycles. The van der Waals surface area contributed by atoms with Gasteiger partial charge in [-0.15, -0.1) is 0 Å². The van der Waals surface area contributed by atoms with Gasteiger partial charge in [0.05, 0.1) is 13.1 Å². The first kappa shape index (κ1) is 15.4. The number of anilines is 1. The van der Waals surface area contributed by atoms with E-state index in [0.717, 1.165) is 23.9 Å². The molecule has 6 nitrogen and oxygen atoms in total. The van der Waals surface area contributed by atoms with Gasteiger partial charge in [0.2, 0.25) is 5.91 Å². The van der Waals surface area contributed by atoms with E-state index in [0.29, 0.717) is 19.6 Å². The van der Waals surface area contributed by atoms with E-state index in [-0.39, 0.29) is 5.91 Å². The molecule has 1 rings (SSSR count). The van der Waals surface area contributed by atoms with Gasteiger partial charge >= 0.3 is 0 Å². The Bertz CT molecular complexity index is 421. The third-order valence-corrected chi connectivity index (χ3v) is 2.46. The highest BCUT2D eigenvalue weighted by Crippen LogP contribution is 2.07. The number of carbonyl (C=O) groups excluding carboxylic acids is 1. The predicted octanol–water partition coefficient (Wildman–Crippen LogP) is 0.785. The SMILES string of the molecule is CCNC(=O)CN(C)Cc1nc(C)cc(NCC)n1. The van der Waals surface area contributed by atoms with Crippen molar-refractivity contribution in [1.82, 2.24) is 20.2 Å². The first-order chi connectivity index (χ1) is 9.05. The highest BCUT2D eigenvalue weighted by atomic mass is 16.1. The number of rotatable bonds is 7. The van der Waals surface area contributed by atoms with Gasteiger partial charge in [-0.3, -0.25) is 9.69 Å². The third kappa shape index (κ3) is 5.65. The summed E-state index contributed by atoms with van der Waals surface area (Å²) in [6.07, 6.45) is 0. The number of hydrogen-bond donors (Lipinski definition) is 2. The minimum atomic E-state index is 0.0181. The number of hydrogen-bond acceptors (Lipinski definition) is 5. The first-order valence-electron chi connectivity index (χ1n) is 6.58. The number of nitrogens with one attached hydrogen (secondary N) is 2. The van der Waals surface area contributed by atoms with Crippen LogP contribution in [0.4, 0.5) is 5.82 Å². The maximum atomic E-state index is 11.5. The van der Waals surface area contributed by atoms with E-state index in [2.05, 4.69) is 20.6 Å². The van der Waals surface area contributed by atoms with Gasteiger partial charge < -0.3 is 10.6 Å². The van der Waals surface area contributed by atoms with Crippen molar-refractivity contribution < 1.29 is 4.79 Å². The normalized spacial score (nSPS) is 10.6. The molecule has 0 saturated heterocycles. The zero-order valence-electron chi connectivity index (χ0n) is 12.2. The summed E-state index contributed by atoms with van der Waals surface area (Å²) in [4.78, 5) is 22.2. The zero-order valence-corrected chi connectivity index (χ0v) is 12.2. The van der Waals surface area contributed by atoms with Crippen molar-refractivity contribution in [3.05, 3.63) is 17.6 Å². The Labute approximate surface area is 114 Å². The van der Waals surface area contributed by atoms with Gasteiger partial charge in [0, 0.05) is 24.8 Å². The summed E-state index contributed by atoms with van der Waals surface area (Å²) in [6, 6.07) is 1.91. The van der Waals surface area contributed by atoms with Crippen LogP contribution in [0, 0.1) is 6.92 Å². The summed E-state index contributed by atoms with van der Waals surface area (Å²) in [5, 5.41) is 5.95. The minimum Gasteiger partial charge on any atom is -0.370 e. The van der Waals surface area contributed by atoms with E-state index < -0.39 is 0 Å². The molecule has 0 aliphatic heterocycles. The van der Waals surface area contributed by atoms with E-state index >= 15 is 0 Å². The Balaban J connectivity index is 2.62. The molecule has 0 spiro atoms. The molecule has 0 aromatic carbocycles. The van der Waals surface area contributed by atoms with Crippen LogP contribution < -0.4 is 10.6 Å². The fourth-order valence-corrected chi connectivity index (χ4v) is 1.77. The Morgan fingerprint density at radius 1 is 1.32 bits per heavy atom. The van der Waals surface area contributed by atoms with Crippen LogP contribution >= 0.6 is 0 Å². The van der Waals surface area contributed by atoms with E-state index in [4.69, 9.17) is 0 Å². The lowest BCUT2D eigenvalue weighted by molar-refractivity contribution is -0.121. The van der Waals surface area contributed by atoms with Crippen molar-refractivity contribution >= 4 is 11.7 Å². The fraction of sp³-hybridized carbons (Fsp3) is 0.615. The molecule has 0 aliphatic carbocycles. The van der Waals surface area contributed by atoms with E-state index in [1.54, 1.807) is 0 Å².